The molecule has 0 aliphatic rings. The summed E-state index contributed by atoms with van der Waals surface area (Å²) in [7, 11) is 0. The minimum atomic E-state index is -2.00. The fraction of sp³-hybridized carbons (Fsp3) is 0. The summed E-state index contributed by atoms with van der Waals surface area (Å²) >= 11 is 0. The lowest BCUT2D eigenvalue weighted by Crippen LogP contribution is -2.18. The first-order valence-electron chi connectivity index (χ1n) is 5.88. The molecule has 0 aliphatic heterocycles. The summed E-state index contributed by atoms with van der Waals surface area (Å²) in [4.78, 5) is 13.9. The molecule has 118 valence electrons. The molecule has 23 heavy (non-hydrogen) atoms. The number of anilines is 1. The minimum Gasteiger partial charge on any atom is -0.508 e. The number of carbonyl (C=O) groups is 1. The summed E-state index contributed by atoms with van der Waals surface area (Å²) in [5.41, 5.74) is 5.13. The van der Waals surface area contributed by atoms with Crippen LogP contribution in [-0.2, 0) is 0 Å². The first kappa shape index (κ1) is 16.1. The topological polar surface area (TPSA) is 98.1 Å². The maximum atomic E-state index is 13.8. The molecule has 0 saturated heterocycles. The van der Waals surface area contributed by atoms with Crippen LogP contribution in [0.3, 0.4) is 0 Å². The van der Waals surface area contributed by atoms with Crippen molar-refractivity contribution >= 4 is 17.3 Å². The van der Waals surface area contributed by atoms with E-state index in [0.29, 0.717) is 0 Å². The SMILES string of the molecule is [N-]=[N+]=Nc1c(F)c(F)c(C(=O)Nc2ccc(O)cc2)c(F)c1F. The van der Waals surface area contributed by atoms with Crippen molar-refractivity contribution in [3.63, 3.8) is 0 Å². The summed E-state index contributed by atoms with van der Waals surface area (Å²) in [6.45, 7) is 0. The highest BCUT2D eigenvalue weighted by Gasteiger charge is 2.29. The van der Waals surface area contributed by atoms with Crippen LogP contribution >= 0.6 is 0 Å². The number of halogens is 4. The van der Waals surface area contributed by atoms with Gasteiger partial charge in [-0.25, -0.2) is 17.6 Å². The van der Waals surface area contributed by atoms with Crippen LogP contribution in [0.25, 0.3) is 10.4 Å². The lowest BCUT2D eigenvalue weighted by atomic mass is 10.1. The third kappa shape index (κ3) is 3.01. The molecule has 0 aliphatic carbocycles. The molecule has 2 aromatic carbocycles. The lowest BCUT2D eigenvalue weighted by Gasteiger charge is -2.10. The molecule has 10 heteroatoms. The van der Waals surface area contributed by atoms with Gasteiger partial charge < -0.3 is 10.4 Å². The number of azide groups is 1. The quantitative estimate of drug-likeness (QED) is 0.221. The van der Waals surface area contributed by atoms with Crippen molar-refractivity contribution in [3.8, 4) is 5.75 Å². The van der Waals surface area contributed by atoms with Gasteiger partial charge >= 0.3 is 0 Å². The third-order valence-electron chi connectivity index (χ3n) is 2.74. The number of benzene rings is 2. The average molecular weight is 326 g/mol. The van der Waals surface area contributed by atoms with Crippen LogP contribution in [0.1, 0.15) is 10.4 Å². The van der Waals surface area contributed by atoms with Gasteiger partial charge in [-0.3, -0.25) is 4.79 Å². The zero-order valence-corrected chi connectivity index (χ0v) is 11.0. The number of phenols is 1. The van der Waals surface area contributed by atoms with E-state index in [0.717, 1.165) is 0 Å². The molecule has 0 fully saturated rings. The summed E-state index contributed by atoms with van der Waals surface area (Å²) < 4.78 is 54.7. The zero-order chi connectivity index (χ0) is 17.1. The van der Waals surface area contributed by atoms with Crippen molar-refractivity contribution in [2.45, 2.75) is 0 Å². The predicted molar refractivity (Wildman–Crippen MR) is 71.1 cm³/mol. The van der Waals surface area contributed by atoms with E-state index in [1.807, 2.05) is 10.2 Å². The normalized spacial score (nSPS) is 10.1. The summed E-state index contributed by atoms with van der Waals surface area (Å²) in [6.07, 6.45) is 0. The Kier molecular flexibility index (Phi) is 4.37. The van der Waals surface area contributed by atoms with Gasteiger partial charge in [-0.05, 0) is 29.8 Å². The highest BCUT2D eigenvalue weighted by Crippen LogP contribution is 2.31. The second-order valence-corrected chi connectivity index (χ2v) is 4.17. The lowest BCUT2D eigenvalue weighted by molar-refractivity contribution is 0.101. The van der Waals surface area contributed by atoms with Crippen LogP contribution < -0.4 is 5.32 Å². The number of aromatic hydroxyl groups is 1. The van der Waals surface area contributed by atoms with Crippen molar-refractivity contribution in [2.75, 3.05) is 5.32 Å². The Morgan fingerprint density at radius 2 is 1.57 bits per heavy atom. The van der Waals surface area contributed by atoms with Crippen LogP contribution in [0.15, 0.2) is 29.4 Å². The molecule has 6 nitrogen and oxygen atoms in total. The molecule has 0 atom stereocenters. The van der Waals surface area contributed by atoms with Crippen LogP contribution in [0, 0.1) is 23.3 Å². The zero-order valence-electron chi connectivity index (χ0n) is 11.0. The van der Waals surface area contributed by atoms with Crippen LogP contribution in [0.4, 0.5) is 28.9 Å². The Labute approximate surface area is 125 Å². The average Bonchev–Trinajstić information content (AvgIpc) is 2.52. The Bertz CT molecular complexity index is 804. The van der Waals surface area contributed by atoms with Crippen molar-refractivity contribution in [1.82, 2.24) is 0 Å². The van der Waals surface area contributed by atoms with Gasteiger partial charge in [-0.15, -0.1) is 0 Å². The second kappa shape index (κ2) is 6.24. The molecular weight excluding hydrogens is 320 g/mol. The molecule has 1 amide bonds. The third-order valence-corrected chi connectivity index (χ3v) is 2.74. The standard InChI is InChI=1S/C13H6F4N4O2/c14-8-7(9(15)11(17)12(10(8)16)20-21-18)13(23)19-5-1-3-6(22)4-2-5/h1-4,22H,(H,19,23). The van der Waals surface area contributed by atoms with Crippen molar-refractivity contribution < 1.29 is 27.5 Å². The fourth-order valence-electron chi connectivity index (χ4n) is 1.69. The maximum absolute atomic E-state index is 13.8. The Morgan fingerprint density at radius 3 is 2.04 bits per heavy atom. The van der Waals surface area contributed by atoms with E-state index < -0.39 is 40.4 Å². The number of rotatable bonds is 3. The van der Waals surface area contributed by atoms with E-state index in [-0.39, 0.29) is 11.4 Å². The first-order valence-corrected chi connectivity index (χ1v) is 5.88. The van der Waals surface area contributed by atoms with Gasteiger partial charge in [0, 0.05) is 10.6 Å². The van der Waals surface area contributed by atoms with E-state index in [1.54, 1.807) is 0 Å². The molecule has 2 rings (SSSR count). The van der Waals surface area contributed by atoms with Crippen LogP contribution in [0.2, 0.25) is 0 Å². The molecule has 0 spiro atoms. The maximum Gasteiger partial charge on any atom is 0.261 e. The number of hydrogen-bond acceptors (Lipinski definition) is 3. The highest BCUT2D eigenvalue weighted by atomic mass is 19.2. The molecule has 0 aromatic heterocycles. The number of amides is 1. The fourth-order valence-corrected chi connectivity index (χ4v) is 1.69. The highest BCUT2D eigenvalue weighted by molar-refractivity contribution is 6.05. The summed E-state index contributed by atoms with van der Waals surface area (Å²) in [5, 5.41) is 13.6. The molecule has 0 bridgehead atoms. The molecule has 0 saturated carbocycles. The van der Waals surface area contributed by atoms with E-state index in [9.17, 15) is 22.4 Å². The van der Waals surface area contributed by atoms with Gasteiger partial charge in [0.05, 0.1) is 0 Å². The van der Waals surface area contributed by atoms with Crippen molar-refractivity contribution in [2.24, 2.45) is 5.11 Å². The van der Waals surface area contributed by atoms with E-state index in [2.05, 4.69) is 5.11 Å². The number of hydrogen-bond donors (Lipinski definition) is 2. The number of nitrogens with one attached hydrogen (secondary N) is 1. The largest absolute Gasteiger partial charge is 0.508 e. The monoisotopic (exact) mass is 326 g/mol. The van der Waals surface area contributed by atoms with Gasteiger partial charge in [0.25, 0.3) is 5.91 Å². The Balaban J connectivity index is 2.48. The van der Waals surface area contributed by atoms with Crippen LogP contribution in [0.5, 0.6) is 5.75 Å². The van der Waals surface area contributed by atoms with Gasteiger partial charge in [0.15, 0.2) is 23.3 Å². The Morgan fingerprint density at radius 1 is 1.04 bits per heavy atom. The number of nitrogens with zero attached hydrogens (tertiary/aromatic N) is 3. The van der Waals surface area contributed by atoms with Crippen molar-refractivity contribution in [3.05, 3.63) is 63.5 Å². The van der Waals surface area contributed by atoms with Gasteiger partial charge in [0.2, 0.25) is 0 Å². The van der Waals surface area contributed by atoms with Crippen LogP contribution in [-0.4, -0.2) is 11.0 Å². The van der Waals surface area contributed by atoms with Gasteiger partial charge in [0.1, 0.15) is 17.0 Å². The summed E-state index contributed by atoms with van der Waals surface area (Å²) in [5.74, 6) is -9.56. The minimum absolute atomic E-state index is 0.0199. The molecular formula is C13H6F4N4O2. The molecule has 0 unspecified atom stereocenters. The van der Waals surface area contributed by atoms with E-state index in [4.69, 9.17) is 10.6 Å². The molecule has 2 N–H and O–H groups in total. The molecule has 0 heterocycles. The van der Waals surface area contributed by atoms with E-state index >= 15 is 0 Å². The van der Waals surface area contributed by atoms with E-state index in [1.165, 1.54) is 24.3 Å². The van der Waals surface area contributed by atoms with Gasteiger partial charge in [-0.2, -0.15) is 0 Å². The smallest absolute Gasteiger partial charge is 0.261 e. The second-order valence-electron chi connectivity index (χ2n) is 4.17. The van der Waals surface area contributed by atoms with Gasteiger partial charge in [-0.1, -0.05) is 5.11 Å². The number of phenolic OH excluding ortho intramolecular Hbond substituents is 1. The predicted octanol–water partition coefficient (Wildman–Crippen LogP) is 4.14. The Hall–Kier alpha value is -3.26. The molecule has 0 radical (unpaired) electrons. The number of carbonyl (C=O) groups excluding carboxylic acids is 1. The summed E-state index contributed by atoms with van der Waals surface area (Å²) in [6, 6.07) is 4.75. The van der Waals surface area contributed by atoms with Crippen molar-refractivity contribution in [1.29, 1.82) is 0 Å². The molecule has 2 aromatic rings. The first-order chi connectivity index (χ1) is 10.9.